The highest BCUT2D eigenvalue weighted by Gasteiger charge is 2.40. The predicted molar refractivity (Wildman–Crippen MR) is 78.9 cm³/mol. The Morgan fingerprint density at radius 2 is 1.79 bits per heavy atom. The molecule has 4 nitrogen and oxygen atoms in total. The van der Waals surface area contributed by atoms with E-state index >= 15 is 0 Å². The lowest BCUT2D eigenvalue weighted by Gasteiger charge is -2.29. The number of aryl methyl sites for hydroxylation is 1. The van der Waals surface area contributed by atoms with Crippen molar-refractivity contribution < 1.29 is 13.3 Å². The van der Waals surface area contributed by atoms with Gasteiger partial charge >= 0.3 is 8.80 Å². The van der Waals surface area contributed by atoms with Crippen LogP contribution in [0.25, 0.3) is 0 Å². The molecule has 108 valence electrons. The van der Waals surface area contributed by atoms with Crippen molar-refractivity contribution in [1.82, 2.24) is 0 Å². The molecule has 19 heavy (non-hydrogen) atoms. The molecule has 0 amide bonds. The number of hydrogen-bond donors (Lipinski definition) is 1. The highest BCUT2D eigenvalue weighted by Crippen LogP contribution is 2.20. The highest BCUT2D eigenvalue weighted by molar-refractivity contribution is 6.60. The largest absolute Gasteiger partial charge is 0.500 e. The molecule has 1 aromatic rings. The minimum atomic E-state index is -2.58. The summed E-state index contributed by atoms with van der Waals surface area (Å²) in [6.07, 6.45) is 1.77. The maximum Gasteiger partial charge on any atom is 0.500 e. The second kappa shape index (κ2) is 8.45. The molecule has 0 heterocycles. The van der Waals surface area contributed by atoms with Gasteiger partial charge in [0.05, 0.1) is 0 Å². The number of rotatable bonds is 9. The molecule has 0 aromatic heterocycles. The van der Waals surface area contributed by atoms with Gasteiger partial charge in [-0.15, -0.1) is 0 Å². The third kappa shape index (κ3) is 5.42. The molecule has 1 rings (SSSR count). The number of nitrogens with two attached hydrogens (primary N) is 1. The van der Waals surface area contributed by atoms with Crippen LogP contribution < -0.4 is 5.73 Å². The van der Waals surface area contributed by atoms with E-state index in [2.05, 4.69) is 12.1 Å². The molecule has 0 radical (unpaired) electrons. The molecule has 1 unspecified atom stereocenters. The SMILES string of the molecule is CO[Si](CCc1ccccc1)(OC)OC(C)CCN. The minimum Gasteiger partial charge on any atom is -0.377 e. The molecular formula is C14H25NO3Si. The van der Waals surface area contributed by atoms with Crippen LogP contribution in [0.3, 0.4) is 0 Å². The Morgan fingerprint density at radius 1 is 1.16 bits per heavy atom. The van der Waals surface area contributed by atoms with E-state index in [9.17, 15) is 0 Å². The van der Waals surface area contributed by atoms with E-state index in [0.717, 1.165) is 18.9 Å². The Morgan fingerprint density at radius 3 is 2.32 bits per heavy atom. The van der Waals surface area contributed by atoms with Crippen molar-refractivity contribution in [2.24, 2.45) is 5.73 Å². The van der Waals surface area contributed by atoms with Gasteiger partial charge in [0.1, 0.15) is 0 Å². The van der Waals surface area contributed by atoms with Crippen LogP contribution >= 0.6 is 0 Å². The first kappa shape index (κ1) is 16.3. The summed E-state index contributed by atoms with van der Waals surface area (Å²) in [7, 11) is 0.743. The molecular weight excluding hydrogens is 258 g/mol. The zero-order chi connectivity index (χ0) is 14.1. The first-order valence-electron chi connectivity index (χ1n) is 6.68. The van der Waals surface area contributed by atoms with Gasteiger partial charge in [-0.2, -0.15) is 0 Å². The molecule has 0 fully saturated rings. The van der Waals surface area contributed by atoms with Gasteiger partial charge in [0.2, 0.25) is 0 Å². The first-order valence-corrected chi connectivity index (χ1v) is 8.61. The van der Waals surface area contributed by atoms with Gasteiger partial charge in [-0.3, -0.25) is 0 Å². The summed E-state index contributed by atoms with van der Waals surface area (Å²) in [4.78, 5) is 0. The maximum absolute atomic E-state index is 6.01. The fourth-order valence-corrected chi connectivity index (χ4v) is 4.20. The van der Waals surface area contributed by atoms with Crippen molar-refractivity contribution in [2.75, 3.05) is 20.8 Å². The zero-order valence-corrected chi connectivity index (χ0v) is 13.1. The van der Waals surface area contributed by atoms with Crippen LogP contribution in [0.5, 0.6) is 0 Å². The van der Waals surface area contributed by atoms with E-state index < -0.39 is 8.80 Å². The summed E-state index contributed by atoms with van der Waals surface area (Å²) in [5.74, 6) is 0. The Labute approximate surface area is 117 Å². The van der Waals surface area contributed by atoms with Crippen molar-refractivity contribution in [1.29, 1.82) is 0 Å². The Kier molecular flexibility index (Phi) is 7.26. The first-order chi connectivity index (χ1) is 9.15. The van der Waals surface area contributed by atoms with Crippen LogP contribution in [0.4, 0.5) is 0 Å². The van der Waals surface area contributed by atoms with Gasteiger partial charge in [0.15, 0.2) is 0 Å². The van der Waals surface area contributed by atoms with E-state index in [0.29, 0.717) is 6.54 Å². The van der Waals surface area contributed by atoms with Crippen LogP contribution in [-0.4, -0.2) is 35.7 Å². The summed E-state index contributed by atoms with van der Waals surface area (Å²) in [6, 6.07) is 11.1. The van der Waals surface area contributed by atoms with Gasteiger partial charge in [-0.1, -0.05) is 30.3 Å². The molecule has 0 aliphatic carbocycles. The lowest BCUT2D eigenvalue weighted by atomic mass is 10.2. The van der Waals surface area contributed by atoms with Gasteiger partial charge in [-0.05, 0) is 31.9 Å². The molecule has 2 N–H and O–H groups in total. The highest BCUT2D eigenvalue weighted by atomic mass is 28.4. The van der Waals surface area contributed by atoms with E-state index in [1.807, 2.05) is 25.1 Å². The Balaban J connectivity index is 2.60. The lowest BCUT2D eigenvalue weighted by Crippen LogP contribution is -2.46. The van der Waals surface area contributed by atoms with Crippen molar-refractivity contribution in [3.63, 3.8) is 0 Å². The molecule has 0 spiro atoms. The predicted octanol–water partition coefficient (Wildman–Crippen LogP) is 2.21. The molecule has 0 bridgehead atoms. The molecule has 0 saturated carbocycles. The number of hydrogen-bond acceptors (Lipinski definition) is 4. The van der Waals surface area contributed by atoms with Gasteiger partial charge < -0.3 is 19.0 Å². The summed E-state index contributed by atoms with van der Waals surface area (Å²) in [5.41, 5.74) is 6.82. The molecule has 0 saturated heterocycles. The van der Waals surface area contributed by atoms with E-state index in [4.69, 9.17) is 19.0 Å². The smallest absolute Gasteiger partial charge is 0.377 e. The molecule has 1 atom stereocenters. The normalized spacial score (nSPS) is 13.5. The second-order valence-corrected chi connectivity index (χ2v) is 7.50. The molecule has 5 heteroatoms. The maximum atomic E-state index is 6.01. The average molecular weight is 283 g/mol. The fourth-order valence-electron chi connectivity index (χ4n) is 1.98. The standard InChI is InChI=1S/C14H25NO3Si/c1-13(9-11-15)18-19(16-2,17-3)12-10-14-7-5-4-6-8-14/h4-8,13H,9-12,15H2,1-3H3. The van der Waals surface area contributed by atoms with E-state index in [-0.39, 0.29) is 6.10 Å². The van der Waals surface area contributed by atoms with Gasteiger partial charge in [0.25, 0.3) is 0 Å². The lowest BCUT2D eigenvalue weighted by molar-refractivity contribution is 0.0602. The topological polar surface area (TPSA) is 53.7 Å². The summed E-state index contributed by atoms with van der Waals surface area (Å²) < 4.78 is 17.2. The summed E-state index contributed by atoms with van der Waals surface area (Å²) in [6.45, 7) is 2.62. The van der Waals surface area contributed by atoms with Crippen LogP contribution in [0.1, 0.15) is 18.9 Å². The molecule has 1 aromatic carbocycles. The Bertz CT molecular complexity index is 344. The van der Waals surface area contributed by atoms with Gasteiger partial charge in [-0.25, -0.2) is 0 Å². The van der Waals surface area contributed by atoms with Crippen molar-refractivity contribution in [3.05, 3.63) is 35.9 Å². The quantitative estimate of drug-likeness (QED) is 0.706. The van der Waals surface area contributed by atoms with Gasteiger partial charge in [0, 0.05) is 26.4 Å². The van der Waals surface area contributed by atoms with E-state index in [1.165, 1.54) is 5.56 Å². The van der Waals surface area contributed by atoms with Crippen LogP contribution in [0.2, 0.25) is 6.04 Å². The summed E-state index contributed by atoms with van der Waals surface area (Å²) >= 11 is 0. The monoisotopic (exact) mass is 283 g/mol. The minimum absolute atomic E-state index is 0.0624. The van der Waals surface area contributed by atoms with Crippen molar-refractivity contribution in [3.8, 4) is 0 Å². The second-order valence-electron chi connectivity index (χ2n) is 4.58. The van der Waals surface area contributed by atoms with Crippen molar-refractivity contribution >= 4 is 8.80 Å². The Hall–Kier alpha value is -0.723. The zero-order valence-electron chi connectivity index (χ0n) is 12.1. The van der Waals surface area contributed by atoms with Crippen LogP contribution in [0, 0.1) is 0 Å². The fraction of sp³-hybridized carbons (Fsp3) is 0.571. The summed E-state index contributed by atoms with van der Waals surface area (Å²) in [5, 5.41) is 0. The third-order valence-electron chi connectivity index (χ3n) is 3.14. The molecule has 0 aliphatic rings. The van der Waals surface area contributed by atoms with E-state index in [1.54, 1.807) is 14.2 Å². The van der Waals surface area contributed by atoms with Crippen LogP contribution in [0.15, 0.2) is 30.3 Å². The van der Waals surface area contributed by atoms with Crippen LogP contribution in [-0.2, 0) is 19.7 Å². The number of benzene rings is 1. The average Bonchev–Trinajstić information content (AvgIpc) is 2.45. The van der Waals surface area contributed by atoms with Crippen molar-refractivity contribution in [2.45, 2.75) is 31.9 Å². The third-order valence-corrected chi connectivity index (χ3v) is 6.01. The molecule has 0 aliphatic heterocycles.